The lowest BCUT2D eigenvalue weighted by Gasteiger charge is -2.28. The molecule has 5 nitrogen and oxygen atoms in total. The van der Waals surface area contributed by atoms with Crippen LogP contribution in [-0.2, 0) is 0 Å². The van der Waals surface area contributed by atoms with Crippen molar-refractivity contribution in [3.63, 3.8) is 0 Å². The van der Waals surface area contributed by atoms with Crippen LogP contribution in [0.1, 0.15) is 41.1 Å². The number of rotatable bonds is 8. The van der Waals surface area contributed by atoms with E-state index in [1.165, 1.54) is 33.4 Å². The molecule has 0 unspecified atom stereocenters. The van der Waals surface area contributed by atoms with Crippen LogP contribution in [0.3, 0.4) is 0 Å². The minimum absolute atomic E-state index is 0.0257. The van der Waals surface area contributed by atoms with Crippen molar-refractivity contribution in [3.8, 4) is 5.69 Å². The van der Waals surface area contributed by atoms with Gasteiger partial charge in [-0.3, -0.25) is 4.98 Å². The number of anilines is 1. The van der Waals surface area contributed by atoms with Gasteiger partial charge in [-0.2, -0.15) is 0 Å². The zero-order chi connectivity index (χ0) is 26.8. The number of hydrogen-bond donors (Lipinski definition) is 2. The number of nitrogens with zero attached hydrogens (tertiary/aromatic N) is 3. The Morgan fingerprint density at radius 3 is 2.49 bits per heavy atom. The first-order valence-corrected chi connectivity index (χ1v) is 14.0. The monoisotopic (exact) mass is 531 g/mol. The Balaban J connectivity index is 1.36. The standard InChI is InChI=1S/C33H33N5S/c1-23-22-28(24(2)38(23)30-18-10-13-25-12-6-7-16-27(25)30)32-31(29-17-8-9-19-35-29)36-33(39)37(32)21-11-20-34-26-14-4-3-5-15-26/h3-10,12-19,22,31-32,34H,11,20-21H2,1-2H3,(H,36,39)/t31-,32-/m1/s1. The highest BCUT2D eigenvalue weighted by atomic mass is 32.1. The van der Waals surface area contributed by atoms with Crippen LogP contribution in [-0.4, -0.2) is 32.7 Å². The SMILES string of the molecule is Cc1cc([C@@H]2[C@@H](c3ccccn3)NC(=S)N2CCCNc2ccccc2)c(C)n1-c1cccc2ccccc12. The summed E-state index contributed by atoms with van der Waals surface area (Å²) in [6.07, 6.45) is 2.83. The van der Waals surface area contributed by atoms with E-state index in [1.807, 2.05) is 18.3 Å². The predicted molar refractivity (Wildman–Crippen MR) is 164 cm³/mol. The molecule has 0 bridgehead atoms. The average Bonchev–Trinajstić information content (AvgIpc) is 3.46. The Hall–Kier alpha value is -4.16. The van der Waals surface area contributed by atoms with Crippen LogP contribution in [0.5, 0.6) is 0 Å². The summed E-state index contributed by atoms with van der Waals surface area (Å²) in [7, 11) is 0. The van der Waals surface area contributed by atoms with Gasteiger partial charge in [-0.15, -0.1) is 0 Å². The van der Waals surface area contributed by atoms with Crippen molar-refractivity contribution in [2.45, 2.75) is 32.4 Å². The summed E-state index contributed by atoms with van der Waals surface area (Å²) in [4.78, 5) is 7.09. The van der Waals surface area contributed by atoms with Gasteiger partial charge in [-0.05, 0) is 79.8 Å². The molecule has 2 atom stereocenters. The van der Waals surface area contributed by atoms with Gasteiger partial charge in [0.25, 0.3) is 0 Å². The van der Waals surface area contributed by atoms with Crippen LogP contribution in [0.4, 0.5) is 5.69 Å². The molecule has 3 aromatic carbocycles. The fraction of sp³-hybridized carbons (Fsp3) is 0.212. The highest BCUT2D eigenvalue weighted by Gasteiger charge is 2.41. The molecule has 1 saturated heterocycles. The topological polar surface area (TPSA) is 45.1 Å². The van der Waals surface area contributed by atoms with Gasteiger partial charge in [0.1, 0.15) is 0 Å². The molecule has 0 amide bonds. The molecule has 2 aromatic heterocycles. The van der Waals surface area contributed by atoms with Crippen LogP contribution < -0.4 is 10.6 Å². The lowest BCUT2D eigenvalue weighted by molar-refractivity contribution is 0.315. The second-order valence-electron chi connectivity index (χ2n) is 10.1. The molecule has 6 heteroatoms. The third-order valence-electron chi connectivity index (χ3n) is 7.67. The van der Waals surface area contributed by atoms with E-state index < -0.39 is 0 Å². The Kier molecular flexibility index (Phi) is 7.03. The number of aryl methyl sites for hydroxylation is 1. The molecule has 196 valence electrons. The van der Waals surface area contributed by atoms with Crippen LogP contribution in [0.15, 0.2) is 103 Å². The van der Waals surface area contributed by atoms with Crippen LogP contribution in [0.2, 0.25) is 0 Å². The second kappa shape index (κ2) is 10.9. The van der Waals surface area contributed by atoms with Gasteiger partial charge in [0, 0.05) is 41.7 Å². The molecule has 0 saturated carbocycles. The highest BCUT2D eigenvalue weighted by molar-refractivity contribution is 7.80. The molecular weight excluding hydrogens is 498 g/mol. The number of thiocarbonyl (C=S) groups is 1. The molecule has 5 aromatic rings. The zero-order valence-corrected chi connectivity index (χ0v) is 23.2. The van der Waals surface area contributed by atoms with Gasteiger partial charge in [0.05, 0.1) is 23.5 Å². The van der Waals surface area contributed by atoms with Crippen molar-refractivity contribution in [1.82, 2.24) is 19.8 Å². The maximum atomic E-state index is 5.94. The van der Waals surface area contributed by atoms with Crippen molar-refractivity contribution in [2.75, 3.05) is 18.4 Å². The van der Waals surface area contributed by atoms with E-state index in [1.54, 1.807) is 0 Å². The predicted octanol–water partition coefficient (Wildman–Crippen LogP) is 7.12. The molecule has 1 aliphatic heterocycles. The number of benzene rings is 3. The molecule has 1 fully saturated rings. The summed E-state index contributed by atoms with van der Waals surface area (Å²) in [5, 5.41) is 10.4. The second-order valence-corrected chi connectivity index (χ2v) is 10.5. The Bertz CT molecular complexity index is 1590. The van der Waals surface area contributed by atoms with Gasteiger partial charge in [0.15, 0.2) is 5.11 Å². The third kappa shape index (κ3) is 4.88. The van der Waals surface area contributed by atoms with Crippen molar-refractivity contribution < 1.29 is 0 Å². The van der Waals surface area contributed by atoms with Crippen LogP contribution in [0, 0.1) is 13.8 Å². The fourth-order valence-corrected chi connectivity index (χ4v) is 6.22. The van der Waals surface area contributed by atoms with Gasteiger partial charge in [-0.1, -0.05) is 60.7 Å². The Labute approximate surface area is 235 Å². The molecular formula is C33H33N5S. The van der Waals surface area contributed by atoms with Crippen LogP contribution in [0.25, 0.3) is 16.5 Å². The van der Waals surface area contributed by atoms with Crippen molar-refractivity contribution >= 4 is 33.8 Å². The minimum atomic E-state index is -0.0257. The summed E-state index contributed by atoms with van der Waals surface area (Å²) >= 11 is 5.94. The minimum Gasteiger partial charge on any atom is -0.385 e. The lowest BCUT2D eigenvalue weighted by atomic mass is 9.96. The quantitative estimate of drug-likeness (QED) is 0.165. The number of pyridine rings is 1. The van der Waals surface area contributed by atoms with Crippen molar-refractivity contribution in [1.29, 1.82) is 0 Å². The maximum absolute atomic E-state index is 5.94. The average molecular weight is 532 g/mol. The summed E-state index contributed by atoms with van der Waals surface area (Å²) in [5.74, 6) is 0. The highest BCUT2D eigenvalue weighted by Crippen LogP contribution is 2.42. The number of fused-ring (bicyclic) bond motifs is 1. The first-order chi connectivity index (χ1) is 19.1. The smallest absolute Gasteiger partial charge is 0.170 e. The maximum Gasteiger partial charge on any atom is 0.170 e. The summed E-state index contributed by atoms with van der Waals surface area (Å²) in [6, 6.07) is 33.9. The van der Waals surface area contributed by atoms with Gasteiger partial charge in [0.2, 0.25) is 0 Å². The summed E-state index contributed by atoms with van der Waals surface area (Å²) in [6.45, 7) is 6.15. The number of para-hydroxylation sites is 1. The normalized spacial score (nSPS) is 17.0. The van der Waals surface area contributed by atoms with Gasteiger partial charge >= 0.3 is 0 Å². The van der Waals surface area contributed by atoms with E-state index in [4.69, 9.17) is 17.2 Å². The molecule has 1 aliphatic rings. The van der Waals surface area contributed by atoms with E-state index >= 15 is 0 Å². The largest absolute Gasteiger partial charge is 0.385 e. The van der Waals surface area contributed by atoms with Crippen molar-refractivity contribution in [2.24, 2.45) is 0 Å². The molecule has 39 heavy (non-hydrogen) atoms. The van der Waals surface area contributed by atoms with E-state index in [2.05, 4.69) is 119 Å². The van der Waals surface area contributed by atoms with Gasteiger partial charge < -0.3 is 20.1 Å². The molecule has 2 N–H and O–H groups in total. The molecule has 0 spiro atoms. The van der Waals surface area contributed by atoms with E-state index in [9.17, 15) is 0 Å². The number of aromatic nitrogens is 2. The fourth-order valence-electron chi connectivity index (χ4n) is 5.88. The third-order valence-corrected chi connectivity index (χ3v) is 8.03. The summed E-state index contributed by atoms with van der Waals surface area (Å²) in [5.41, 5.74) is 7.07. The first-order valence-electron chi connectivity index (χ1n) is 13.6. The van der Waals surface area contributed by atoms with Crippen LogP contribution >= 0.6 is 12.2 Å². The van der Waals surface area contributed by atoms with Gasteiger partial charge in [-0.25, -0.2) is 0 Å². The Morgan fingerprint density at radius 1 is 0.897 bits per heavy atom. The number of hydrogen-bond acceptors (Lipinski definition) is 3. The molecule has 6 rings (SSSR count). The summed E-state index contributed by atoms with van der Waals surface area (Å²) < 4.78 is 2.39. The van der Waals surface area contributed by atoms with E-state index in [-0.39, 0.29) is 12.1 Å². The lowest BCUT2D eigenvalue weighted by Crippen LogP contribution is -2.31. The number of nitrogens with one attached hydrogen (secondary N) is 2. The molecule has 0 radical (unpaired) electrons. The first kappa shape index (κ1) is 25.1. The van der Waals surface area contributed by atoms with E-state index in [0.29, 0.717) is 0 Å². The molecule has 3 heterocycles. The zero-order valence-electron chi connectivity index (χ0n) is 22.3. The molecule has 0 aliphatic carbocycles. The van der Waals surface area contributed by atoms with Crippen molar-refractivity contribution in [3.05, 3.63) is 126 Å². The van der Waals surface area contributed by atoms with E-state index in [0.717, 1.165) is 36.0 Å². The Morgan fingerprint density at radius 2 is 1.67 bits per heavy atom.